The third kappa shape index (κ3) is 3.80. The molecule has 0 amide bonds. The van der Waals surface area contributed by atoms with E-state index in [1.807, 2.05) is 6.92 Å². The molecule has 1 N–H and O–H groups in total. The topological polar surface area (TPSA) is 59.9 Å². The summed E-state index contributed by atoms with van der Waals surface area (Å²) >= 11 is 5.18. The van der Waals surface area contributed by atoms with Crippen LogP contribution in [0.3, 0.4) is 0 Å². The van der Waals surface area contributed by atoms with E-state index in [2.05, 4.69) is 9.97 Å². The average molecular weight is 409 g/mol. The second kappa shape index (κ2) is 7.75. The van der Waals surface area contributed by atoms with Gasteiger partial charge in [0.2, 0.25) is 0 Å². The number of fused-ring (bicyclic) bond motifs is 1. The fourth-order valence-electron chi connectivity index (χ4n) is 2.95. The van der Waals surface area contributed by atoms with Crippen molar-refractivity contribution >= 4 is 23.3 Å². The first-order chi connectivity index (χ1) is 13.3. The van der Waals surface area contributed by atoms with E-state index in [9.17, 15) is 18.0 Å². The minimum atomic E-state index is -4.73. The molecule has 5 nitrogen and oxygen atoms in total. The summed E-state index contributed by atoms with van der Waals surface area (Å²) in [5.41, 5.74) is -1.49. The van der Waals surface area contributed by atoms with Crippen LogP contribution in [0.2, 0.25) is 0 Å². The number of pyridine rings is 1. The summed E-state index contributed by atoms with van der Waals surface area (Å²) in [6, 6.07) is 7.46. The van der Waals surface area contributed by atoms with Gasteiger partial charge in [-0.1, -0.05) is 25.5 Å². The highest BCUT2D eigenvalue weighted by Gasteiger charge is 2.35. The number of hydrogen-bond donors (Lipinski definition) is 1. The molecule has 0 spiro atoms. The highest BCUT2D eigenvalue weighted by molar-refractivity contribution is 7.71. The van der Waals surface area contributed by atoms with Crippen LogP contribution in [-0.4, -0.2) is 21.6 Å². The molecule has 0 unspecified atom stereocenters. The Morgan fingerprint density at radius 1 is 1.29 bits per heavy atom. The molecule has 0 aliphatic heterocycles. The van der Waals surface area contributed by atoms with E-state index in [4.69, 9.17) is 17.0 Å². The lowest BCUT2D eigenvalue weighted by Gasteiger charge is -2.16. The van der Waals surface area contributed by atoms with Crippen molar-refractivity contribution in [1.29, 1.82) is 0 Å². The SMILES string of the molecule is CCCCn1c(=S)[nH]c(=O)c2c(C(F)(F)F)cc(-c3cccc(OC)c3)nc21. The molecule has 0 saturated carbocycles. The van der Waals surface area contributed by atoms with Crippen LogP contribution in [0.5, 0.6) is 5.75 Å². The van der Waals surface area contributed by atoms with Gasteiger partial charge < -0.3 is 9.30 Å². The van der Waals surface area contributed by atoms with Crippen molar-refractivity contribution in [3.63, 3.8) is 0 Å². The van der Waals surface area contributed by atoms with Gasteiger partial charge >= 0.3 is 6.18 Å². The zero-order valence-corrected chi connectivity index (χ0v) is 16.1. The number of rotatable bonds is 5. The predicted molar refractivity (Wildman–Crippen MR) is 103 cm³/mol. The van der Waals surface area contributed by atoms with Crippen molar-refractivity contribution in [2.24, 2.45) is 0 Å². The molecular weight excluding hydrogens is 391 g/mol. The van der Waals surface area contributed by atoms with E-state index < -0.39 is 22.7 Å². The van der Waals surface area contributed by atoms with Crippen LogP contribution in [0.25, 0.3) is 22.3 Å². The van der Waals surface area contributed by atoms with E-state index >= 15 is 0 Å². The molecule has 28 heavy (non-hydrogen) atoms. The maximum atomic E-state index is 13.8. The van der Waals surface area contributed by atoms with Gasteiger partial charge in [0.1, 0.15) is 11.4 Å². The molecule has 2 heterocycles. The summed E-state index contributed by atoms with van der Waals surface area (Å²) in [6.07, 6.45) is -3.24. The second-order valence-electron chi connectivity index (χ2n) is 6.25. The minimum absolute atomic E-state index is 0.0503. The van der Waals surface area contributed by atoms with Crippen LogP contribution >= 0.6 is 12.2 Å². The molecule has 0 saturated heterocycles. The Hall–Kier alpha value is -2.68. The lowest BCUT2D eigenvalue weighted by molar-refractivity contribution is -0.136. The van der Waals surface area contributed by atoms with Crippen LogP contribution in [0.4, 0.5) is 13.2 Å². The number of ether oxygens (including phenoxy) is 1. The molecular formula is C19H18F3N3O2S. The highest BCUT2D eigenvalue weighted by atomic mass is 32.1. The lowest BCUT2D eigenvalue weighted by Crippen LogP contribution is -2.20. The molecule has 0 radical (unpaired) electrons. The van der Waals surface area contributed by atoms with E-state index in [-0.39, 0.29) is 16.1 Å². The molecule has 148 valence electrons. The van der Waals surface area contributed by atoms with Crippen LogP contribution in [-0.2, 0) is 12.7 Å². The first-order valence-electron chi connectivity index (χ1n) is 8.65. The summed E-state index contributed by atoms with van der Waals surface area (Å²) in [4.78, 5) is 19.1. The monoisotopic (exact) mass is 409 g/mol. The fraction of sp³-hybridized carbons (Fsp3) is 0.316. The number of aromatic nitrogens is 3. The highest BCUT2D eigenvalue weighted by Crippen LogP contribution is 2.36. The Kier molecular flexibility index (Phi) is 5.55. The van der Waals surface area contributed by atoms with Gasteiger partial charge in [-0.25, -0.2) is 4.98 Å². The van der Waals surface area contributed by atoms with Gasteiger partial charge in [-0.05, 0) is 36.8 Å². The molecule has 0 bridgehead atoms. The van der Waals surface area contributed by atoms with Crippen molar-refractivity contribution in [3.8, 4) is 17.0 Å². The number of aromatic amines is 1. The van der Waals surface area contributed by atoms with Gasteiger partial charge in [0.05, 0.1) is 23.8 Å². The fourth-order valence-corrected chi connectivity index (χ4v) is 3.22. The Morgan fingerprint density at radius 3 is 2.68 bits per heavy atom. The summed E-state index contributed by atoms with van der Waals surface area (Å²) in [5.74, 6) is 0.488. The van der Waals surface area contributed by atoms with Gasteiger partial charge in [0.25, 0.3) is 5.56 Å². The van der Waals surface area contributed by atoms with E-state index in [1.54, 1.807) is 24.3 Å². The molecule has 3 rings (SSSR count). The Bertz CT molecular complexity index is 1140. The molecule has 3 aromatic rings. The zero-order valence-electron chi connectivity index (χ0n) is 15.3. The number of hydrogen-bond acceptors (Lipinski definition) is 4. The number of benzene rings is 1. The Morgan fingerprint density at radius 2 is 2.04 bits per heavy atom. The van der Waals surface area contributed by atoms with Crippen molar-refractivity contribution in [3.05, 3.63) is 51.0 Å². The Labute approximate surface area is 163 Å². The zero-order chi connectivity index (χ0) is 20.5. The molecule has 0 aliphatic rings. The largest absolute Gasteiger partial charge is 0.497 e. The second-order valence-corrected chi connectivity index (χ2v) is 6.63. The third-order valence-electron chi connectivity index (χ3n) is 4.35. The normalized spacial score (nSPS) is 11.8. The maximum absolute atomic E-state index is 13.8. The van der Waals surface area contributed by atoms with E-state index in [0.717, 1.165) is 12.5 Å². The van der Waals surface area contributed by atoms with E-state index in [0.29, 0.717) is 24.3 Å². The van der Waals surface area contributed by atoms with Crippen molar-refractivity contribution in [2.45, 2.75) is 32.5 Å². The first-order valence-corrected chi connectivity index (χ1v) is 9.06. The van der Waals surface area contributed by atoms with Gasteiger partial charge in [0, 0.05) is 12.1 Å². The number of nitrogens with one attached hydrogen (secondary N) is 1. The molecule has 0 aliphatic carbocycles. The van der Waals surface area contributed by atoms with Gasteiger partial charge in [-0.15, -0.1) is 0 Å². The molecule has 1 aromatic carbocycles. The number of methoxy groups -OCH3 is 1. The number of aryl methyl sites for hydroxylation is 1. The van der Waals surface area contributed by atoms with Gasteiger partial charge in [-0.3, -0.25) is 9.78 Å². The summed E-state index contributed by atoms with van der Waals surface area (Å²) in [5, 5.41) is -0.510. The van der Waals surface area contributed by atoms with Crippen LogP contribution in [0.1, 0.15) is 25.3 Å². The standard InChI is InChI=1S/C19H18F3N3O2S/c1-3-4-8-25-16-15(17(26)24-18(25)28)13(19(20,21)22)10-14(23-16)11-6-5-7-12(9-11)27-2/h5-7,9-10H,3-4,8H2,1-2H3,(H,24,26,28). The number of H-pyrrole nitrogens is 1. The number of alkyl halides is 3. The predicted octanol–water partition coefficient (Wildman–Crippen LogP) is 4.95. The average Bonchev–Trinajstić information content (AvgIpc) is 2.66. The van der Waals surface area contributed by atoms with Crippen LogP contribution < -0.4 is 10.3 Å². The lowest BCUT2D eigenvalue weighted by atomic mass is 10.1. The van der Waals surface area contributed by atoms with Gasteiger partial charge in [0.15, 0.2) is 4.77 Å². The smallest absolute Gasteiger partial charge is 0.417 e. The Balaban J connectivity index is 2.41. The summed E-state index contributed by atoms with van der Waals surface area (Å²) < 4.78 is 48.0. The van der Waals surface area contributed by atoms with E-state index in [1.165, 1.54) is 11.7 Å². The number of halogens is 3. The van der Waals surface area contributed by atoms with Crippen molar-refractivity contribution < 1.29 is 17.9 Å². The summed E-state index contributed by atoms with van der Waals surface area (Å²) in [6.45, 7) is 2.31. The first kappa shape index (κ1) is 20.1. The number of unbranched alkanes of at least 4 members (excludes halogenated alkanes) is 1. The van der Waals surface area contributed by atoms with Crippen LogP contribution in [0.15, 0.2) is 35.1 Å². The minimum Gasteiger partial charge on any atom is -0.497 e. The van der Waals surface area contributed by atoms with Crippen molar-refractivity contribution in [1.82, 2.24) is 14.5 Å². The molecule has 0 atom stereocenters. The quantitative estimate of drug-likeness (QED) is 0.606. The summed E-state index contributed by atoms with van der Waals surface area (Å²) in [7, 11) is 1.47. The number of nitrogens with zero attached hydrogens (tertiary/aromatic N) is 2. The molecule has 9 heteroatoms. The molecule has 2 aromatic heterocycles. The van der Waals surface area contributed by atoms with Gasteiger partial charge in [-0.2, -0.15) is 13.2 Å². The van der Waals surface area contributed by atoms with Crippen molar-refractivity contribution in [2.75, 3.05) is 7.11 Å². The van der Waals surface area contributed by atoms with Crippen LogP contribution in [0, 0.1) is 4.77 Å². The third-order valence-corrected chi connectivity index (χ3v) is 4.68. The molecule has 0 fully saturated rings. The maximum Gasteiger partial charge on any atom is 0.417 e.